The monoisotopic (exact) mass is 284 g/mol. The molecule has 0 spiro atoms. The Labute approximate surface area is 127 Å². The summed E-state index contributed by atoms with van der Waals surface area (Å²) in [6, 6.07) is 14.4. The molecule has 2 N–H and O–H groups in total. The molecular formula is C18H24N2O. The number of likely N-dealkylation sites (N-methyl/N-ethyl adjacent to an activating group) is 1. The maximum atomic E-state index is 5.86. The molecule has 0 atom stereocenters. The van der Waals surface area contributed by atoms with Crippen molar-refractivity contribution in [3.8, 4) is 5.75 Å². The second-order valence-electron chi connectivity index (χ2n) is 5.37. The van der Waals surface area contributed by atoms with Crippen LogP contribution >= 0.6 is 0 Å². The maximum absolute atomic E-state index is 5.86. The van der Waals surface area contributed by atoms with Crippen molar-refractivity contribution in [1.29, 1.82) is 0 Å². The van der Waals surface area contributed by atoms with Crippen LogP contribution in [0.1, 0.15) is 16.7 Å². The Morgan fingerprint density at radius 2 is 1.86 bits per heavy atom. The summed E-state index contributed by atoms with van der Waals surface area (Å²) in [4.78, 5) is 2.22. The number of rotatable bonds is 6. The summed E-state index contributed by atoms with van der Waals surface area (Å²) < 4.78 is 5.86. The zero-order valence-corrected chi connectivity index (χ0v) is 13.1. The van der Waals surface area contributed by atoms with E-state index >= 15 is 0 Å². The molecule has 112 valence electrons. The molecule has 0 unspecified atom stereocenters. The fourth-order valence-electron chi connectivity index (χ4n) is 2.46. The van der Waals surface area contributed by atoms with E-state index in [0.717, 1.165) is 17.9 Å². The average molecular weight is 284 g/mol. The third kappa shape index (κ3) is 3.99. The predicted octanol–water partition coefficient (Wildman–Crippen LogP) is 3.28. The van der Waals surface area contributed by atoms with Crippen molar-refractivity contribution >= 4 is 5.69 Å². The van der Waals surface area contributed by atoms with Gasteiger partial charge in [0.1, 0.15) is 12.4 Å². The molecule has 0 radical (unpaired) electrons. The fourth-order valence-corrected chi connectivity index (χ4v) is 2.46. The number of nitrogens with zero attached hydrogens (tertiary/aromatic N) is 1. The topological polar surface area (TPSA) is 38.5 Å². The number of anilines is 1. The summed E-state index contributed by atoms with van der Waals surface area (Å²) in [5.74, 6) is 0.883. The van der Waals surface area contributed by atoms with Crippen molar-refractivity contribution in [2.24, 2.45) is 5.73 Å². The van der Waals surface area contributed by atoms with Gasteiger partial charge in [-0.25, -0.2) is 0 Å². The SMILES string of the molecule is Cc1ccc(N(C)CCOc2ccccc2CN)c(C)c1. The second-order valence-corrected chi connectivity index (χ2v) is 5.37. The van der Waals surface area contributed by atoms with E-state index in [4.69, 9.17) is 10.5 Å². The normalized spacial score (nSPS) is 10.5. The molecule has 0 amide bonds. The van der Waals surface area contributed by atoms with Crippen LogP contribution in [0, 0.1) is 13.8 Å². The van der Waals surface area contributed by atoms with Crippen LogP contribution in [0.3, 0.4) is 0 Å². The number of hydrogen-bond acceptors (Lipinski definition) is 3. The van der Waals surface area contributed by atoms with Gasteiger partial charge in [0.2, 0.25) is 0 Å². The van der Waals surface area contributed by atoms with Crippen molar-refractivity contribution in [1.82, 2.24) is 0 Å². The number of hydrogen-bond donors (Lipinski definition) is 1. The number of aryl methyl sites for hydroxylation is 2. The van der Waals surface area contributed by atoms with Crippen molar-refractivity contribution in [3.63, 3.8) is 0 Å². The molecule has 2 aromatic rings. The molecule has 0 fully saturated rings. The zero-order valence-electron chi connectivity index (χ0n) is 13.1. The summed E-state index contributed by atoms with van der Waals surface area (Å²) >= 11 is 0. The van der Waals surface area contributed by atoms with Crippen LogP contribution in [0.2, 0.25) is 0 Å². The highest BCUT2D eigenvalue weighted by molar-refractivity contribution is 5.53. The third-order valence-corrected chi connectivity index (χ3v) is 3.64. The molecule has 0 aromatic heterocycles. The first-order valence-corrected chi connectivity index (χ1v) is 7.31. The molecule has 2 aromatic carbocycles. The molecule has 0 aliphatic rings. The van der Waals surface area contributed by atoms with Gasteiger partial charge in [-0.1, -0.05) is 35.9 Å². The minimum absolute atomic E-state index is 0.503. The quantitative estimate of drug-likeness (QED) is 0.884. The van der Waals surface area contributed by atoms with Gasteiger partial charge in [0, 0.05) is 24.8 Å². The molecule has 0 aliphatic carbocycles. The highest BCUT2D eigenvalue weighted by atomic mass is 16.5. The largest absolute Gasteiger partial charge is 0.491 e. The minimum atomic E-state index is 0.503. The fraction of sp³-hybridized carbons (Fsp3) is 0.333. The van der Waals surface area contributed by atoms with E-state index in [1.165, 1.54) is 16.8 Å². The lowest BCUT2D eigenvalue weighted by Gasteiger charge is -2.22. The van der Waals surface area contributed by atoms with Gasteiger partial charge in [-0.2, -0.15) is 0 Å². The maximum Gasteiger partial charge on any atom is 0.123 e. The van der Waals surface area contributed by atoms with Crippen LogP contribution in [0.4, 0.5) is 5.69 Å². The minimum Gasteiger partial charge on any atom is -0.491 e. The number of ether oxygens (including phenoxy) is 1. The second kappa shape index (κ2) is 7.14. The van der Waals surface area contributed by atoms with Gasteiger partial charge in [0.15, 0.2) is 0 Å². The van der Waals surface area contributed by atoms with E-state index in [-0.39, 0.29) is 0 Å². The molecule has 3 heteroatoms. The van der Waals surface area contributed by atoms with Crippen LogP contribution in [0.25, 0.3) is 0 Å². The van der Waals surface area contributed by atoms with E-state index in [1.54, 1.807) is 0 Å². The molecule has 0 bridgehead atoms. The Bertz CT molecular complexity index is 596. The summed E-state index contributed by atoms with van der Waals surface area (Å²) in [6.45, 7) is 6.24. The van der Waals surface area contributed by atoms with Crippen molar-refractivity contribution in [2.75, 3.05) is 25.1 Å². The predicted molar refractivity (Wildman–Crippen MR) is 89.0 cm³/mol. The zero-order chi connectivity index (χ0) is 15.2. The van der Waals surface area contributed by atoms with E-state index < -0.39 is 0 Å². The van der Waals surface area contributed by atoms with E-state index in [2.05, 4.69) is 44.0 Å². The van der Waals surface area contributed by atoms with E-state index in [9.17, 15) is 0 Å². The molecule has 2 rings (SSSR count). The Balaban J connectivity index is 1.93. The van der Waals surface area contributed by atoms with Gasteiger partial charge >= 0.3 is 0 Å². The van der Waals surface area contributed by atoms with Crippen LogP contribution in [0.5, 0.6) is 5.75 Å². The molecular weight excluding hydrogens is 260 g/mol. The van der Waals surface area contributed by atoms with Gasteiger partial charge in [-0.05, 0) is 31.5 Å². The number of nitrogens with two attached hydrogens (primary N) is 1. The van der Waals surface area contributed by atoms with Gasteiger partial charge in [-0.15, -0.1) is 0 Å². The molecule has 0 aliphatic heterocycles. The lowest BCUT2D eigenvalue weighted by Crippen LogP contribution is -2.24. The average Bonchev–Trinajstić information content (AvgIpc) is 2.47. The van der Waals surface area contributed by atoms with Gasteiger partial charge < -0.3 is 15.4 Å². The van der Waals surface area contributed by atoms with Gasteiger partial charge in [0.25, 0.3) is 0 Å². The first-order chi connectivity index (χ1) is 10.1. The molecule has 0 heterocycles. The number of benzene rings is 2. The Hall–Kier alpha value is -2.00. The van der Waals surface area contributed by atoms with Crippen LogP contribution in [-0.4, -0.2) is 20.2 Å². The third-order valence-electron chi connectivity index (χ3n) is 3.64. The Morgan fingerprint density at radius 3 is 2.57 bits per heavy atom. The summed E-state index contributed by atoms with van der Waals surface area (Å²) in [5.41, 5.74) is 10.6. The lowest BCUT2D eigenvalue weighted by molar-refractivity contribution is 0.322. The summed E-state index contributed by atoms with van der Waals surface area (Å²) in [5, 5.41) is 0. The lowest BCUT2D eigenvalue weighted by atomic mass is 10.1. The van der Waals surface area contributed by atoms with Crippen molar-refractivity contribution in [2.45, 2.75) is 20.4 Å². The molecule has 21 heavy (non-hydrogen) atoms. The van der Waals surface area contributed by atoms with Crippen LogP contribution in [0.15, 0.2) is 42.5 Å². The molecule has 3 nitrogen and oxygen atoms in total. The Kier molecular flexibility index (Phi) is 5.23. The Morgan fingerprint density at radius 1 is 1.10 bits per heavy atom. The smallest absolute Gasteiger partial charge is 0.123 e. The van der Waals surface area contributed by atoms with E-state index in [1.807, 2.05) is 24.3 Å². The summed E-state index contributed by atoms with van der Waals surface area (Å²) in [6.07, 6.45) is 0. The summed E-state index contributed by atoms with van der Waals surface area (Å²) in [7, 11) is 2.09. The van der Waals surface area contributed by atoms with Gasteiger partial charge in [-0.3, -0.25) is 0 Å². The molecule has 0 saturated heterocycles. The number of para-hydroxylation sites is 1. The van der Waals surface area contributed by atoms with Crippen molar-refractivity contribution < 1.29 is 4.74 Å². The van der Waals surface area contributed by atoms with Crippen molar-refractivity contribution in [3.05, 3.63) is 59.2 Å². The standard InChI is InChI=1S/C18H24N2O/c1-14-8-9-17(15(2)12-14)20(3)10-11-21-18-7-5-4-6-16(18)13-19/h4-9,12H,10-11,13,19H2,1-3H3. The first kappa shape index (κ1) is 15.4. The van der Waals surface area contributed by atoms with Crippen LogP contribution < -0.4 is 15.4 Å². The first-order valence-electron chi connectivity index (χ1n) is 7.31. The van der Waals surface area contributed by atoms with Gasteiger partial charge in [0.05, 0.1) is 6.54 Å². The highest BCUT2D eigenvalue weighted by Gasteiger charge is 2.06. The van der Waals surface area contributed by atoms with Crippen LogP contribution in [-0.2, 0) is 6.54 Å². The highest BCUT2D eigenvalue weighted by Crippen LogP contribution is 2.20. The molecule has 0 saturated carbocycles. The van der Waals surface area contributed by atoms with E-state index in [0.29, 0.717) is 13.2 Å².